The minimum atomic E-state index is 0.229. The molecule has 0 spiro atoms. The number of carbonyl (C=O) groups excluding carboxylic acids is 1. The van der Waals surface area contributed by atoms with Crippen molar-refractivity contribution in [1.29, 1.82) is 0 Å². The maximum absolute atomic E-state index is 12.1. The highest BCUT2D eigenvalue weighted by molar-refractivity contribution is 5.77. The first-order valence-corrected chi connectivity index (χ1v) is 7.38. The van der Waals surface area contributed by atoms with Gasteiger partial charge in [-0.05, 0) is 38.5 Å². The van der Waals surface area contributed by atoms with E-state index in [2.05, 4.69) is 36.8 Å². The Bertz CT molecular complexity index is 474. The number of piperidine rings is 1. The fraction of sp³-hybridized carbons (Fsp3) is 0.625. The van der Waals surface area contributed by atoms with E-state index < -0.39 is 0 Å². The number of imidazole rings is 1. The summed E-state index contributed by atoms with van der Waals surface area (Å²) in [4.78, 5) is 21.3. The van der Waals surface area contributed by atoms with Gasteiger partial charge in [-0.2, -0.15) is 0 Å². The molecule has 2 rings (SSSR count). The third kappa shape index (κ3) is 3.95. The molecule has 1 saturated heterocycles. The molecule has 1 aliphatic rings. The normalized spacial score (nSPS) is 22.9. The SMILES string of the molecule is CC(C)=CCCC1(C)CCC(=O)N(Cc2ncc[nH]2)C1. The number of hydrogen-bond acceptors (Lipinski definition) is 2. The summed E-state index contributed by atoms with van der Waals surface area (Å²) in [5.41, 5.74) is 1.60. The molecule has 1 N–H and O–H groups in total. The Morgan fingerprint density at radius 2 is 2.35 bits per heavy atom. The molecule has 4 heteroatoms. The van der Waals surface area contributed by atoms with Gasteiger partial charge in [-0.15, -0.1) is 0 Å². The van der Waals surface area contributed by atoms with Crippen molar-refractivity contribution in [1.82, 2.24) is 14.9 Å². The molecule has 110 valence electrons. The number of hydrogen-bond donors (Lipinski definition) is 1. The summed E-state index contributed by atoms with van der Waals surface area (Å²) in [7, 11) is 0. The second-order valence-electron chi connectivity index (χ2n) is 6.42. The Hall–Kier alpha value is -1.58. The Morgan fingerprint density at radius 3 is 3.00 bits per heavy atom. The van der Waals surface area contributed by atoms with Gasteiger partial charge >= 0.3 is 0 Å². The van der Waals surface area contributed by atoms with Gasteiger partial charge in [-0.1, -0.05) is 18.6 Å². The number of rotatable bonds is 5. The Kier molecular flexibility index (Phi) is 4.63. The van der Waals surface area contributed by atoms with Crippen LogP contribution in [0.2, 0.25) is 0 Å². The highest BCUT2D eigenvalue weighted by Gasteiger charge is 2.34. The summed E-state index contributed by atoms with van der Waals surface area (Å²) in [6, 6.07) is 0. The van der Waals surface area contributed by atoms with Crippen molar-refractivity contribution in [3.63, 3.8) is 0 Å². The molecule has 1 aliphatic heterocycles. The summed E-state index contributed by atoms with van der Waals surface area (Å²) < 4.78 is 0. The molecule has 1 aromatic heterocycles. The zero-order valence-electron chi connectivity index (χ0n) is 12.8. The van der Waals surface area contributed by atoms with Gasteiger partial charge in [0.25, 0.3) is 0 Å². The lowest BCUT2D eigenvalue weighted by atomic mass is 9.77. The number of nitrogens with one attached hydrogen (secondary N) is 1. The predicted octanol–water partition coefficient (Wildman–Crippen LogP) is 3.28. The van der Waals surface area contributed by atoms with Crippen LogP contribution >= 0.6 is 0 Å². The van der Waals surface area contributed by atoms with Crippen molar-refractivity contribution < 1.29 is 4.79 Å². The van der Waals surface area contributed by atoms with E-state index in [1.54, 1.807) is 12.4 Å². The number of aromatic amines is 1. The van der Waals surface area contributed by atoms with Crippen LogP contribution < -0.4 is 0 Å². The maximum atomic E-state index is 12.1. The third-order valence-electron chi connectivity index (χ3n) is 4.06. The highest BCUT2D eigenvalue weighted by atomic mass is 16.2. The summed E-state index contributed by atoms with van der Waals surface area (Å²) in [5.74, 6) is 1.12. The lowest BCUT2D eigenvalue weighted by Gasteiger charge is -2.40. The fourth-order valence-electron chi connectivity index (χ4n) is 2.82. The molecule has 0 radical (unpaired) electrons. The molecule has 0 aromatic carbocycles. The lowest BCUT2D eigenvalue weighted by molar-refractivity contribution is -0.138. The molecule has 1 fully saturated rings. The minimum absolute atomic E-state index is 0.229. The molecule has 0 bridgehead atoms. The van der Waals surface area contributed by atoms with E-state index in [0.29, 0.717) is 13.0 Å². The van der Waals surface area contributed by atoms with Gasteiger partial charge in [0, 0.05) is 25.4 Å². The van der Waals surface area contributed by atoms with E-state index in [1.807, 2.05) is 4.90 Å². The smallest absolute Gasteiger partial charge is 0.223 e. The minimum Gasteiger partial charge on any atom is -0.347 e. The number of allylic oxidation sites excluding steroid dienone is 2. The van der Waals surface area contributed by atoms with Gasteiger partial charge in [0.15, 0.2) is 0 Å². The Morgan fingerprint density at radius 1 is 1.55 bits per heavy atom. The first-order valence-electron chi connectivity index (χ1n) is 7.38. The van der Waals surface area contributed by atoms with Crippen LogP contribution in [-0.2, 0) is 11.3 Å². The molecule has 1 aromatic rings. The summed E-state index contributed by atoms with van der Waals surface area (Å²) in [5, 5.41) is 0. The summed E-state index contributed by atoms with van der Waals surface area (Å²) in [6.07, 6.45) is 9.72. The van der Waals surface area contributed by atoms with E-state index in [-0.39, 0.29) is 11.3 Å². The number of aromatic nitrogens is 2. The van der Waals surface area contributed by atoms with E-state index in [9.17, 15) is 4.79 Å². The van der Waals surface area contributed by atoms with E-state index >= 15 is 0 Å². The second-order valence-corrected chi connectivity index (χ2v) is 6.42. The maximum Gasteiger partial charge on any atom is 0.223 e. The standard InChI is InChI=1S/C16H25N3O/c1-13(2)5-4-7-16(3)8-6-15(20)19(12-16)11-14-17-9-10-18-14/h5,9-10H,4,6-8,11-12H2,1-3H3,(H,17,18). The Labute approximate surface area is 121 Å². The molecule has 1 amide bonds. The molecule has 1 atom stereocenters. The summed E-state index contributed by atoms with van der Waals surface area (Å²) in [6.45, 7) is 8.01. The quantitative estimate of drug-likeness (QED) is 0.838. The highest BCUT2D eigenvalue weighted by Crippen LogP contribution is 2.35. The molecule has 2 heterocycles. The van der Waals surface area contributed by atoms with Gasteiger partial charge in [-0.3, -0.25) is 4.79 Å². The van der Waals surface area contributed by atoms with Crippen LogP contribution in [0.5, 0.6) is 0 Å². The van der Waals surface area contributed by atoms with Gasteiger partial charge in [-0.25, -0.2) is 4.98 Å². The number of carbonyl (C=O) groups is 1. The largest absolute Gasteiger partial charge is 0.347 e. The number of H-pyrrole nitrogens is 1. The number of amides is 1. The molecule has 0 saturated carbocycles. The van der Waals surface area contributed by atoms with Crippen LogP contribution in [0.4, 0.5) is 0 Å². The number of likely N-dealkylation sites (tertiary alicyclic amines) is 1. The molecule has 1 unspecified atom stereocenters. The van der Waals surface area contributed by atoms with Crippen molar-refractivity contribution in [2.24, 2.45) is 5.41 Å². The van der Waals surface area contributed by atoms with Gasteiger partial charge in [0.05, 0.1) is 6.54 Å². The first kappa shape index (κ1) is 14.8. The van der Waals surface area contributed by atoms with Gasteiger partial charge in [0.1, 0.15) is 5.82 Å². The number of nitrogens with zero attached hydrogens (tertiary/aromatic N) is 2. The lowest BCUT2D eigenvalue weighted by Crippen LogP contribution is -2.44. The van der Waals surface area contributed by atoms with Crippen LogP contribution in [0.1, 0.15) is 52.3 Å². The molecule has 0 aliphatic carbocycles. The van der Waals surface area contributed by atoms with Crippen molar-refractivity contribution in [3.8, 4) is 0 Å². The van der Waals surface area contributed by atoms with Crippen molar-refractivity contribution >= 4 is 5.91 Å². The Balaban J connectivity index is 1.95. The molecular weight excluding hydrogens is 250 g/mol. The fourth-order valence-corrected chi connectivity index (χ4v) is 2.82. The van der Waals surface area contributed by atoms with Crippen molar-refractivity contribution in [3.05, 3.63) is 29.9 Å². The average Bonchev–Trinajstić information content (AvgIpc) is 2.86. The molecule has 4 nitrogen and oxygen atoms in total. The van der Waals surface area contributed by atoms with Gasteiger partial charge in [0.2, 0.25) is 5.91 Å². The van der Waals surface area contributed by atoms with E-state index in [1.165, 1.54) is 5.57 Å². The van der Waals surface area contributed by atoms with E-state index in [4.69, 9.17) is 0 Å². The van der Waals surface area contributed by atoms with E-state index in [0.717, 1.165) is 31.6 Å². The van der Waals surface area contributed by atoms with Crippen LogP contribution in [0.15, 0.2) is 24.0 Å². The topological polar surface area (TPSA) is 49.0 Å². The van der Waals surface area contributed by atoms with Crippen LogP contribution in [-0.4, -0.2) is 27.3 Å². The second kappa shape index (κ2) is 6.25. The first-order chi connectivity index (χ1) is 9.48. The van der Waals surface area contributed by atoms with Crippen LogP contribution in [0.25, 0.3) is 0 Å². The van der Waals surface area contributed by atoms with Crippen LogP contribution in [0, 0.1) is 5.41 Å². The average molecular weight is 275 g/mol. The van der Waals surface area contributed by atoms with Gasteiger partial charge < -0.3 is 9.88 Å². The van der Waals surface area contributed by atoms with Crippen molar-refractivity contribution in [2.75, 3.05) is 6.54 Å². The van der Waals surface area contributed by atoms with Crippen molar-refractivity contribution in [2.45, 2.75) is 53.0 Å². The monoisotopic (exact) mass is 275 g/mol. The molecular formula is C16H25N3O. The summed E-state index contributed by atoms with van der Waals surface area (Å²) >= 11 is 0. The van der Waals surface area contributed by atoms with Crippen LogP contribution in [0.3, 0.4) is 0 Å². The predicted molar refractivity (Wildman–Crippen MR) is 80.0 cm³/mol. The zero-order chi connectivity index (χ0) is 14.6. The molecule has 20 heavy (non-hydrogen) atoms. The zero-order valence-corrected chi connectivity index (χ0v) is 12.8. The third-order valence-corrected chi connectivity index (χ3v) is 4.06.